The number of likely N-dealkylation sites (N-methyl/N-ethyl adjacent to an activating group) is 6. The second kappa shape index (κ2) is 31.9. The van der Waals surface area contributed by atoms with Gasteiger partial charge in [-0.3, -0.25) is 52.7 Å². The Kier molecular flexibility index (Phi) is 26.3. The lowest BCUT2D eigenvalue weighted by Crippen LogP contribution is -2.64. The van der Waals surface area contributed by atoms with Gasteiger partial charge in [-0.1, -0.05) is 79.1 Å². The van der Waals surface area contributed by atoms with Gasteiger partial charge in [0.15, 0.2) is 0 Å². The maximum absolute atomic E-state index is 15.0. The fraction of sp³-hybridized carbons (Fsp3) is 0.823. The van der Waals surface area contributed by atoms with E-state index in [2.05, 4.69) is 21.3 Å². The van der Waals surface area contributed by atoms with Crippen LogP contribution in [0.3, 0.4) is 0 Å². The van der Waals surface area contributed by atoms with E-state index in [4.69, 9.17) is 0 Å². The van der Waals surface area contributed by atoms with Crippen molar-refractivity contribution in [2.45, 2.75) is 230 Å². The Balaban J connectivity index is 1.50. The minimum absolute atomic E-state index is 0.0241. The van der Waals surface area contributed by atoms with E-state index >= 15 is 0 Å². The third kappa shape index (κ3) is 19.2. The van der Waals surface area contributed by atoms with Gasteiger partial charge in [0.1, 0.15) is 41.8 Å². The van der Waals surface area contributed by atoms with Crippen molar-refractivity contribution < 1.29 is 65.9 Å². The zero-order chi connectivity index (χ0) is 64.8. The lowest BCUT2D eigenvalue weighted by Gasteiger charge is -2.39. The van der Waals surface area contributed by atoms with Crippen LogP contribution in [-0.4, -0.2) is 222 Å². The Morgan fingerprint density at radius 2 is 1.18 bits per heavy atom. The van der Waals surface area contributed by atoms with E-state index in [-0.39, 0.29) is 101 Å². The van der Waals surface area contributed by atoms with Crippen molar-refractivity contribution in [2.24, 2.45) is 29.6 Å². The number of nitrogens with zero attached hydrogens (tertiary/aromatic N) is 7. The zero-order valence-electron chi connectivity index (χ0n) is 53.9. The molecule has 22 nitrogen and oxygen atoms in total. The molecule has 3 saturated carbocycles. The van der Waals surface area contributed by atoms with Gasteiger partial charge >= 0.3 is 6.18 Å². The number of carbonyl (C=O) groups is 11. The summed E-state index contributed by atoms with van der Waals surface area (Å²) in [6.07, 6.45) is 3.81. The molecule has 2 saturated heterocycles. The van der Waals surface area contributed by atoms with E-state index in [0.717, 1.165) is 41.9 Å². The van der Waals surface area contributed by atoms with Crippen molar-refractivity contribution in [3.8, 4) is 0 Å². The smallest absolute Gasteiger partial charge is 0.351 e. The van der Waals surface area contributed by atoms with Gasteiger partial charge in [-0.05, 0) is 115 Å². The van der Waals surface area contributed by atoms with E-state index in [0.29, 0.717) is 25.7 Å². The molecule has 0 aromatic carbocycles. The highest BCUT2D eigenvalue weighted by atomic mass is 19.4. The number of alkyl halides is 3. The number of fused-ring (bicyclic) bond motifs is 1. The topological polar surface area (TPSA) is 259 Å². The Morgan fingerprint density at radius 1 is 0.575 bits per heavy atom. The molecule has 8 atom stereocenters. The summed E-state index contributed by atoms with van der Waals surface area (Å²) in [5.74, 6) is -8.57. The van der Waals surface area contributed by atoms with Crippen LogP contribution in [0.25, 0.3) is 0 Å². The van der Waals surface area contributed by atoms with Crippen molar-refractivity contribution in [2.75, 3.05) is 68.5 Å². The molecule has 2 aliphatic heterocycles. The molecule has 11 amide bonds. The number of nitrogens with one attached hydrogen (secondary N) is 4. The maximum Gasteiger partial charge on any atom is 0.391 e. The maximum atomic E-state index is 15.0. The SMILES string of the molecule is CC[C@H](C)[C@@H]1NC(=O)[C@H](C)N(C)C(=O)C[C@@H](C)NC(=O)[C@H](CC(C)C)N(C)C(=O)C2(CCCC2)NC(=O)[C@@H]2CCCN2C(=O)[C@H](CCC2CCC(C(F)(F)F)CC2)NC(=O)CN(C)C(=O)[C@H](CC2CCCCC2)N(C)C(=O)CN(C)C(=O)CN(C)C1=O. The van der Waals surface area contributed by atoms with Crippen LogP contribution in [0.5, 0.6) is 0 Å². The fourth-order valence-corrected chi connectivity index (χ4v) is 13.3. The van der Waals surface area contributed by atoms with Gasteiger partial charge in [0.25, 0.3) is 0 Å². The van der Waals surface area contributed by atoms with Crippen LogP contribution in [0, 0.1) is 29.6 Å². The Hall–Kier alpha value is -6.04. The molecule has 3 aliphatic carbocycles. The summed E-state index contributed by atoms with van der Waals surface area (Å²) >= 11 is 0. The van der Waals surface area contributed by atoms with Gasteiger partial charge < -0.3 is 55.6 Å². The molecule has 4 N–H and O–H groups in total. The molecule has 0 aromatic rings. The fourth-order valence-electron chi connectivity index (χ4n) is 13.3. The van der Waals surface area contributed by atoms with E-state index in [9.17, 15) is 65.9 Å². The first-order valence-electron chi connectivity index (χ1n) is 31.9. The number of halogens is 3. The first-order chi connectivity index (χ1) is 40.8. The molecule has 25 heteroatoms. The third-order valence-corrected chi connectivity index (χ3v) is 19.4. The van der Waals surface area contributed by atoms with Crippen molar-refractivity contribution in [3.05, 3.63) is 0 Å². The van der Waals surface area contributed by atoms with Crippen LogP contribution in [0.2, 0.25) is 0 Å². The zero-order valence-corrected chi connectivity index (χ0v) is 53.9. The molecule has 0 unspecified atom stereocenters. The van der Waals surface area contributed by atoms with Crippen LogP contribution in [0.15, 0.2) is 0 Å². The van der Waals surface area contributed by atoms with Crippen LogP contribution in [0.4, 0.5) is 13.2 Å². The molecule has 0 aromatic heterocycles. The lowest BCUT2D eigenvalue weighted by molar-refractivity contribution is -0.184. The van der Waals surface area contributed by atoms with Gasteiger partial charge in [-0.2, -0.15) is 13.2 Å². The molecule has 492 valence electrons. The molecule has 1 spiro atoms. The van der Waals surface area contributed by atoms with E-state index in [1.54, 1.807) is 13.8 Å². The highest BCUT2D eigenvalue weighted by Crippen LogP contribution is 2.41. The molecule has 5 aliphatic rings. The number of carbonyl (C=O) groups excluding carboxylic acids is 11. The summed E-state index contributed by atoms with van der Waals surface area (Å²) in [6, 6.07) is -7.44. The quantitative estimate of drug-likeness (QED) is 0.252. The molecular formula is C62H102F3N11O11. The molecule has 5 fully saturated rings. The Morgan fingerprint density at radius 3 is 1.78 bits per heavy atom. The predicted molar refractivity (Wildman–Crippen MR) is 319 cm³/mol. The van der Waals surface area contributed by atoms with Gasteiger partial charge in [0.2, 0.25) is 65.0 Å². The number of hydrogen-bond acceptors (Lipinski definition) is 11. The Bertz CT molecular complexity index is 2450. The van der Waals surface area contributed by atoms with E-state index in [1.807, 2.05) is 20.8 Å². The highest BCUT2D eigenvalue weighted by molar-refractivity contribution is 5.99. The minimum Gasteiger partial charge on any atom is -0.351 e. The summed E-state index contributed by atoms with van der Waals surface area (Å²) in [6.45, 7) is 9.11. The standard InChI is InChI=1S/C62H102F3N11O11/c1-13-39(4)53-59(86)72(9)36-51(79)70(7)37-52(80)74(11)48(34-43-20-15-14-16-21-43)58(85)71(8)35-49(77)67-45(28-25-42-23-26-44(27-24-42)62(63,64)65)57(84)76-31-19-22-46(76)56(83)69-61(29-17-18-30-61)60(87)75(12)47(32-38(2)3)55(82)66-40(5)33-50(78)73(10)41(6)54(81)68-53/h38-48,53H,13-37H2,1-12H3,(H,66,82)(H,67,77)(H,68,81)(H,69,83)/t39-,40+,41-,42?,44?,45-,46-,47-,48-,53-/m0/s1. The van der Waals surface area contributed by atoms with Gasteiger partial charge in [0.05, 0.1) is 25.6 Å². The average molecular weight is 1230 g/mol. The molecule has 87 heavy (non-hydrogen) atoms. The third-order valence-electron chi connectivity index (χ3n) is 19.4. The van der Waals surface area contributed by atoms with Crippen molar-refractivity contribution in [1.29, 1.82) is 0 Å². The molecular weight excluding hydrogens is 1130 g/mol. The van der Waals surface area contributed by atoms with E-state index < -0.39 is 150 Å². The molecule has 0 bridgehead atoms. The summed E-state index contributed by atoms with van der Waals surface area (Å²) in [4.78, 5) is 167. The van der Waals surface area contributed by atoms with Gasteiger partial charge in [-0.25, -0.2) is 0 Å². The number of hydrogen-bond donors (Lipinski definition) is 4. The highest BCUT2D eigenvalue weighted by Gasteiger charge is 2.49. The molecule has 0 radical (unpaired) electrons. The largest absolute Gasteiger partial charge is 0.391 e. The second-order valence-electron chi connectivity index (χ2n) is 26.6. The second-order valence-corrected chi connectivity index (χ2v) is 26.6. The molecule has 5 rings (SSSR count). The van der Waals surface area contributed by atoms with Crippen molar-refractivity contribution >= 4 is 65.0 Å². The normalized spacial score (nSPS) is 29.5. The van der Waals surface area contributed by atoms with Crippen LogP contribution in [0.1, 0.15) is 176 Å². The number of rotatable bonds is 9. The van der Waals surface area contributed by atoms with Crippen LogP contribution >= 0.6 is 0 Å². The summed E-state index contributed by atoms with van der Waals surface area (Å²) in [5, 5.41) is 11.5. The minimum atomic E-state index is -4.33. The average Bonchev–Trinajstić information content (AvgIpc) is 2.19. The monoisotopic (exact) mass is 1230 g/mol. The summed E-state index contributed by atoms with van der Waals surface area (Å²) in [7, 11) is 8.59. The van der Waals surface area contributed by atoms with Gasteiger partial charge in [-0.15, -0.1) is 0 Å². The summed E-state index contributed by atoms with van der Waals surface area (Å²) in [5.41, 5.74) is -1.45. The van der Waals surface area contributed by atoms with Gasteiger partial charge in [0, 0.05) is 61.3 Å². The lowest BCUT2D eigenvalue weighted by atomic mass is 9.79. The summed E-state index contributed by atoms with van der Waals surface area (Å²) < 4.78 is 41.2. The van der Waals surface area contributed by atoms with Crippen molar-refractivity contribution in [1.82, 2.24) is 55.6 Å². The predicted octanol–water partition coefficient (Wildman–Crippen LogP) is 4.37. The van der Waals surface area contributed by atoms with Crippen LogP contribution < -0.4 is 21.3 Å². The first kappa shape index (κ1) is 71.7. The first-order valence-corrected chi connectivity index (χ1v) is 31.9. The molecule has 2 heterocycles. The van der Waals surface area contributed by atoms with Crippen molar-refractivity contribution in [3.63, 3.8) is 0 Å². The number of amides is 11. The van der Waals surface area contributed by atoms with Crippen LogP contribution in [-0.2, 0) is 52.7 Å². The van der Waals surface area contributed by atoms with E-state index in [1.165, 1.54) is 73.7 Å². The Labute approximate surface area is 513 Å².